The largest absolute Gasteiger partial charge is 0.382 e. The van der Waals surface area contributed by atoms with Gasteiger partial charge in [0, 0.05) is 18.2 Å². The third kappa shape index (κ3) is 2.93. The molecule has 11 heteroatoms. The van der Waals surface area contributed by atoms with E-state index in [0.717, 1.165) is 6.42 Å². The fourth-order valence-electron chi connectivity index (χ4n) is 5.46. The van der Waals surface area contributed by atoms with Crippen LogP contribution >= 0.6 is 19.0 Å². The summed E-state index contributed by atoms with van der Waals surface area (Å²) in [6.45, 7) is 7.82. The first kappa shape index (κ1) is 19.7. The van der Waals surface area contributed by atoms with Crippen molar-refractivity contribution in [1.29, 1.82) is 0 Å². The smallest absolute Gasteiger partial charge is 0.226 e. The Morgan fingerprint density at radius 3 is 2.90 bits per heavy atom. The van der Waals surface area contributed by atoms with Crippen molar-refractivity contribution in [1.82, 2.24) is 19.5 Å². The van der Waals surface area contributed by atoms with Gasteiger partial charge in [-0.3, -0.25) is 4.57 Å². The number of hydrogen-bond donors (Lipinski definition) is 1. The van der Waals surface area contributed by atoms with Crippen molar-refractivity contribution >= 4 is 36.0 Å². The minimum absolute atomic E-state index is 0.0706. The number of hydrogen-bond acceptors (Lipinski definition) is 8. The molecule has 5 rings (SSSR count). The quantitative estimate of drug-likeness (QED) is 0.556. The van der Waals surface area contributed by atoms with Gasteiger partial charge in [0.1, 0.15) is 11.6 Å². The van der Waals surface area contributed by atoms with Crippen molar-refractivity contribution in [2.45, 2.75) is 51.2 Å². The van der Waals surface area contributed by atoms with Gasteiger partial charge in [0.2, 0.25) is 12.7 Å². The highest BCUT2D eigenvalue weighted by Crippen LogP contribution is 2.75. The molecule has 0 aromatic carbocycles. The van der Waals surface area contributed by atoms with E-state index in [2.05, 4.69) is 15.0 Å². The predicted molar refractivity (Wildman–Crippen MR) is 108 cm³/mol. The van der Waals surface area contributed by atoms with Gasteiger partial charge in [-0.25, -0.2) is 4.98 Å². The number of rotatable bonds is 5. The van der Waals surface area contributed by atoms with Crippen LogP contribution in [0.5, 0.6) is 0 Å². The zero-order valence-electron chi connectivity index (χ0n) is 16.8. The van der Waals surface area contributed by atoms with Crippen LogP contribution < -0.4 is 5.73 Å². The number of halogens is 1. The van der Waals surface area contributed by atoms with Gasteiger partial charge in [0.15, 0.2) is 17.3 Å². The van der Waals surface area contributed by atoms with Crippen molar-refractivity contribution in [2.24, 2.45) is 11.3 Å². The Hall–Kier alpha value is -1.25. The normalized spacial score (nSPS) is 36.7. The van der Waals surface area contributed by atoms with Crippen LogP contribution in [0.25, 0.3) is 11.2 Å². The van der Waals surface area contributed by atoms with Gasteiger partial charge < -0.3 is 24.3 Å². The molecule has 2 saturated carbocycles. The highest BCUT2D eigenvalue weighted by Gasteiger charge is 2.76. The van der Waals surface area contributed by atoms with E-state index < -0.39 is 13.2 Å². The Balaban J connectivity index is 1.58. The van der Waals surface area contributed by atoms with Crippen LogP contribution in [-0.4, -0.2) is 56.9 Å². The Kier molecular flexibility index (Phi) is 4.17. The lowest BCUT2D eigenvalue weighted by molar-refractivity contribution is -0.160. The van der Waals surface area contributed by atoms with E-state index in [1.165, 1.54) is 0 Å². The van der Waals surface area contributed by atoms with Crippen LogP contribution in [0.2, 0.25) is 5.28 Å². The lowest BCUT2D eigenvalue weighted by atomic mass is 10.0. The number of nitrogens with two attached hydrogens (primary N) is 1. The number of nitrogen functional groups attached to an aromatic ring is 1. The Morgan fingerprint density at radius 1 is 1.41 bits per heavy atom. The van der Waals surface area contributed by atoms with Gasteiger partial charge in [-0.1, -0.05) is 0 Å². The van der Waals surface area contributed by atoms with Gasteiger partial charge in [-0.2, -0.15) is 9.97 Å². The molecule has 0 spiro atoms. The summed E-state index contributed by atoms with van der Waals surface area (Å²) in [6, 6.07) is -0.0706. The Morgan fingerprint density at radius 2 is 2.17 bits per heavy atom. The molecule has 3 aliphatic rings. The van der Waals surface area contributed by atoms with Crippen molar-refractivity contribution in [3.63, 3.8) is 0 Å². The number of imidazole rings is 1. The molecule has 158 valence electrons. The molecule has 1 aliphatic heterocycles. The first-order chi connectivity index (χ1) is 13.6. The number of anilines is 1. The van der Waals surface area contributed by atoms with E-state index in [4.69, 9.17) is 31.3 Å². The number of nitrogens with zero attached hydrogens (tertiary/aromatic N) is 4. The highest BCUT2D eigenvalue weighted by molar-refractivity contribution is 7.58. The minimum Gasteiger partial charge on any atom is -0.382 e. The average molecular weight is 442 g/mol. The van der Waals surface area contributed by atoms with E-state index in [-0.39, 0.29) is 40.7 Å². The standard InChI is InChI=1S/C18H25ClN5O4P/c1-5-26-29(4,25)7-18-6-9(18)11(12-13(18)28-17(2,3)27-12)24-8-21-10-14(20)22-16(19)23-15(10)24/h8-9,11-13H,5-7H2,1-4H3,(H2,20,22,23)/t9-,11-,12+,13+,18?,29?/m1/s1. The summed E-state index contributed by atoms with van der Waals surface area (Å²) in [5.74, 6) is -0.261. The van der Waals surface area contributed by atoms with E-state index in [1.807, 2.05) is 25.3 Å². The number of fused-ring (bicyclic) bond motifs is 4. The Bertz CT molecular complexity index is 1040. The van der Waals surface area contributed by atoms with Gasteiger partial charge >= 0.3 is 0 Å². The fraction of sp³-hybridized carbons (Fsp3) is 0.722. The third-order valence-corrected chi connectivity index (χ3v) is 8.49. The zero-order valence-corrected chi connectivity index (χ0v) is 18.5. The van der Waals surface area contributed by atoms with E-state index >= 15 is 0 Å². The zero-order chi connectivity index (χ0) is 20.8. The monoisotopic (exact) mass is 441 g/mol. The molecule has 2 N–H and O–H groups in total. The molecule has 3 fully saturated rings. The molecule has 0 radical (unpaired) electrons. The van der Waals surface area contributed by atoms with Crippen LogP contribution in [0.1, 0.15) is 33.2 Å². The molecule has 2 aromatic rings. The van der Waals surface area contributed by atoms with E-state index in [9.17, 15) is 4.57 Å². The topological polar surface area (TPSA) is 114 Å². The second-order valence-electron chi connectivity index (χ2n) is 8.85. The van der Waals surface area contributed by atoms with Crippen LogP contribution in [0.3, 0.4) is 0 Å². The lowest BCUT2D eigenvalue weighted by Crippen LogP contribution is -2.33. The molecule has 29 heavy (non-hydrogen) atoms. The maximum absolute atomic E-state index is 13.1. The minimum atomic E-state index is -2.75. The summed E-state index contributed by atoms with van der Waals surface area (Å²) in [6.07, 6.45) is 2.69. The van der Waals surface area contributed by atoms with Crippen molar-refractivity contribution in [3.8, 4) is 0 Å². The molecular formula is C18H25ClN5O4P. The molecule has 2 aromatic heterocycles. The number of aromatic nitrogens is 4. The molecule has 9 nitrogen and oxygen atoms in total. The third-order valence-electron chi connectivity index (χ3n) is 6.35. The molecule has 3 heterocycles. The van der Waals surface area contributed by atoms with Crippen molar-refractivity contribution in [3.05, 3.63) is 11.6 Å². The first-order valence-corrected chi connectivity index (χ1v) is 12.4. The summed E-state index contributed by atoms with van der Waals surface area (Å²) in [5, 5.41) is 0.0756. The van der Waals surface area contributed by atoms with Gasteiger partial charge in [-0.05, 0) is 44.7 Å². The van der Waals surface area contributed by atoms with E-state index in [1.54, 1.807) is 13.0 Å². The van der Waals surface area contributed by atoms with Crippen LogP contribution in [0.15, 0.2) is 6.33 Å². The SMILES string of the molecule is CCOP(C)(=O)CC12C[C@@H]1[C@@H](n1cnc3c(N)nc(Cl)nc31)[C@@H]1OC(C)(C)O[C@@H]12. The second-order valence-corrected chi connectivity index (χ2v) is 11.8. The summed E-state index contributed by atoms with van der Waals surface area (Å²) in [5.41, 5.74) is 6.82. The predicted octanol–water partition coefficient (Wildman–Crippen LogP) is 3.09. The maximum Gasteiger partial charge on any atom is 0.226 e. The molecular weight excluding hydrogens is 417 g/mol. The maximum atomic E-state index is 13.1. The molecule has 1 saturated heterocycles. The van der Waals surface area contributed by atoms with Crippen molar-refractivity contribution in [2.75, 3.05) is 25.2 Å². The molecule has 2 unspecified atom stereocenters. The Labute approximate surface area is 173 Å². The summed E-state index contributed by atoms with van der Waals surface area (Å²) in [7, 11) is -2.75. The molecule has 0 amide bonds. The van der Waals surface area contributed by atoms with Crippen LogP contribution in [0.4, 0.5) is 5.82 Å². The first-order valence-electron chi connectivity index (χ1n) is 9.79. The van der Waals surface area contributed by atoms with Gasteiger partial charge in [0.05, 0.1) is 25.1 Å². The van der Waals surface area contributed by atoms with Crippen LogP contribution in [-0.2, 0) is 18.6 Å². The van der Waals surface area contributed by atoms with Gasteiger partial charge in [-0.15, -0.1) is 0 Å². The summed E-state index contributed by atoms with van der Waals surface area (Å²) in [4.78, 5) is 12.8. The average Bonchev–Trinajstić information content (AvgIpc) is 2.87. The molecule has 0 bridgehead atoms. The van der Waals surface area contributed by atoms with Gasteiger partial charge in [0.25, 0.3) is 0 Å². The molecule has 2 aliphatic carbocycles. The summed E-state index contributed by atoms with van der Waals surface area (Å²) >= 11 is 6.06. The lowest BCUT2D eigenvalue weighted by Gasteiger charge is -2.25. The highest BCUT2D eigenvalue weighted by atomic mass is 35.5. The fourth-order valence-corrected chi connectivity index (χ4v) is 7.88. The number of ether oxygens (including phenoxy) is 2. The van der Waals surface area contributed by atoms with E-state index in [0.29, 0.717) is 23.9 Å². The second kappa shape index (κ2) is 6.14. The van der Waals surface area contributed by atoms with Crippen LogP contribution in [0, 0.1) is 11.3 Å². The molecule has 6 atom stereocenters. The summed E-state index contributed by atoms with van der Waals surface area (Å²) < 4.78 is 33.3. The van der Waals surface area contributed by atoms with Crippen molar-refractivity contribution < 1.29 is 18.6 Å².